The van der Waals surface area contributed by atoms with Crippen LogP contribution in [0.25, 0.3) is 0 Å². The Labute approximate surface area is 85.7 Å². The van der Waals surface area contributed by atoms with Crippen LogP contribution in [0.15, 0.2) is 24.3 Å². The van der Waals surface area contributed by atoms with Crippen molar-refractivity contribution < 1.29 is 13.2 Å². The molecule has 1 aromatic rings. The lowest BCUT2D eigenvalue weighted by atomic mass is 10.2. The molecular formula is C9H10F3NS. The van der Waals surface area contributed by atoms with Crippen LogP contribution in [0.2, 0.25) is 0 Å². The van der Waals surface area contributed by atoms with Gasteiger partial charge in [0.25, 0.3) is 0 Å². The molecule has 0 heterocycles. The molecule has 0 saturated carbocycles. The van der Waals surface area contributed by atoms with Crippen LogP contribution < -0.4 is 5.32 Å². The van der Waals surface area contributed by atoms with Gasteiger partial charge < -0.3 is 5.32 Å². The molecule has 1 atom stereocenters. The molecule has 1 nitrogen and oxygen atoms in total. The van der Waals surface area contributed by atoms with Crippen molar-refractivity contribution in [1.82, 2.24) is 0 Å². The SMILES string of the molecule is CC(S)Nc1ccc(C(F)(F)F)cc1. The number of halogens is 3. The van der Waals surface area contributed by atoms with E-state index in [9.17, 15) is 13.2 Å². The van der Waals surface area contributed by atoms with Gasteiger partial charge in [0, 0.05) is 5.69 Å². The molecule has 0 saturated heterocycles. The van der Waals surface area contributed by atoms with Crippen molar-refractivity contribution in [2.75, 3.05) is 5.32 Å². The van der Waals surface area contributed by atoms with Crippen molar-refractivity contribution in [3.05, 3.63) is 29.8 Å². The maximum atomic E-state index is 12.1. The molecular weight excluding hydrogens is 211 g/mol. The Hall–Kier alpha value is -0.840. The van der Waals surface area contributed by atoms with Crippen LogP contribution in [0.4, 0.5) is 18.9 Å². The van der Waals surface area contributed by atoms with Crippen LogP contribution >= 0.6 is 12.6 Å². The van der Waals surface area contributed by atoms with E-state index in [0.717, 1.165) is 12.1 Å². The summed E-state index contributed by atoms with van der Waals surface area (Å²) in [6, 6.07) is 4.85. The summed E-state index contributed by atoms with van der Waals surface area (Å²) in [6.07, 6.45) is -4.27. The Bertz CT molecular complexity index is 292. The highest BCUT2D eigenvalue weighted by molar-refractivity contribution is 7.81. The fourth-order valence-corrected chi connectivity index (χ4v) is 1.15. The number of rotatable bonds is 2. The second-order valence-corrected chi connectivity index (χ2v) is 3.67. The predicted molar refractivity (Wildman–Crippen MR) is 53.5 cm³/mol. The Morgan fingerprint density at radius 1 is 1.21 bits per heavy atom. The zero-order valence-corrected chi connectivity index (χ0v) is 8.36. The molecule has 78 valence electrons. The number of hydrogen-bond donors (Lipinski definition) is 2. The molecule has 1 N–H and O–H groups in total. The van der Waals surface area contributed by atoms with Gasteiger partial charge in [0.15, 0.2) is 0 Å². The maximum absolute atomic E-state index is 12.1. The first-order valence-corrected chi connectivity index (χ1v) is 4.53. The maximum Gasteiger partial charge on any atom is 0.416 e. The summed E-state index contributed by atoms with van der Waals surface area (Å²) in [4.78, 5) is 0. The normalized spacial score (nSPS) is 13.8. The summed E-state index contributed by atoms with van der Waals surface area (Å²) < 4.78 is 36.4. The summed E-state index contributed by atoms with van der Waals surface area (Å²) >= 11 is 4.06. The highest BCUT2D eigenvalue weighted by atomic mass is 32.1. The van der Waals surface area contributed by atoms with Gasteiger partial charge >= 0.3 is 6.18 Å². The van der Waals surface area contributed by atoms with Gasteiger partial charge in [-0.15, -0.1) is 0 Å². The van der Waals surface area contributed by atoms with Gasteiger partial charge in [-0.25, -0.2) is 0 Å². The average molecular weight is 221 g/mol. The number of hydrogen-bond acceptors (Lipinski definition) is 2. The van der Waals surface area contributed by atoms with Crippen LogP contribution in [0.1, 0.15) is 12.5 Å². The van der Waals surface area contributed by atoms with Crippen molar-refractivity contribution in [1.29, 1.82) is 0 Å². The summed E-state index contributed by atoms with van der Waals surface area (Å²) in [7, 11) is 0. The fourth-order valence-electron chi connectivity index (χ4n) is 0.997. The molecule has 1 rings (SSSR count). The topological polar surface area (TPSA) is 12.0 Å². The van der Waals surface area contributed by atoms with E-state index in [1.54, 1.807) is 6.92 Å². The number of anilines is 1. The monoisotopic (exact) mass is 221 g/mol. The number of alkyl halides is 3. The van der Waals surface area contributed by atoms with E-state index in [1.807, 2.05) is 0 Å². The van der Waals surface area contributed by atoms with E-state index in [0.29, 0.717) is 5.69 Å². The molecule has 14 heavy (non-hydrogen) atoms. The Morgan fingerprint density at radius 3 is 2.07 bits per heavy atom. The van der Waals surface area contributed by atoms with E-state index >= 15 is 0 Å². The minimum Gasteiger partial charge on any atom is -0.374 e. The molecule has 0 aliphatic carbocycles. The van der Waals surface area contributed by atoms with Gasteiger partial charge in [0.05, 0.1) is 10.9 Å². The Kier molecular flexibility index (Phi) is 3.31. The number of thiol groups is 1. The molecule has 1 unspecified atom stereocenters. The lowest BCUT2D eigenvalue weighted by Gasteiger charge is -2.11. The van der Waals surface area contributed by atoms with Gasteiger partial charge in [-0.3, -0.25) is 0 Å². The molecule has 0 aromatic heterocycles. The average Bonchev–Trinajstić information content (AvgIpc) is 2.02. The standard InChI is InChI=1S/C9H10F3NS/c1-6(14)13-8-4-2-7(3-5-8)9(10,11)12/h2-6,13-14H,1H3. The van der Waals surface area contributed by atoms with E-state index in [1.165, 1.54) is 12.1 Å². The summed E-state index contributed by atoms with van der Waals surface area (Å²) in [5.74, 6) is 0. The van der Waals surface area contributed by atoms with Crippen LogP contribution in [-0.4, -0.2) is 5.37 Å². The second kappa shape index (κ2) is 4.13. The van der Waals surface area contributed by atoms with Gasteiger partial charge in [0.1, 0.15) is 0 Å². The smallest absolute Gasteiger partial charge is 0.374 e. The molecule has 0 spiro atoms. The Morgan fingerprint density at radius 2 is 1.71 bits per heavy atom. The summed E-state index contributed by atoms with van der Waals surface area (Å²) in [6.45, 7) is 1.79. The minimum absolute atomic E-state index is 0.0910. The van der Waals surface area contributed by atoms with Gasteiger partial charge in [-0.2, -0.15) is 25.8 Å². The van der Waals surface area contributed by atoms with Crippen LogP contribution in [-0.2, 0) is 6.18 Å². The lowest BCUT2D eigenvalue weighted by molar-refractivity contribution is -0.137. The molecule has 0 aliphatic rings. The third kappa shape index (κ3) is 3.14. The number of benzene rings is 1. The van der Waals surface area contributed by atoms with Gasteiger partial charge in [0.2, 0.25) is 0 Å². The quantitative estimate of drug-likeness (QED) is 0.576. The molecule has 5 heteroatoms. The highest BCUT2D eigenvalue weighted by Gasteiger charge is 2.29. The molecule has 0 amide bonds. The van der Waals surface area contributed by atoms with E-state index in [4.69, 9.17) is 0 Å². The number of nitrogens with one attached hydrogen (secondary N) is 1. The third-order valence-corrected chi connectivity index (χ3v) is 1.72. The second-order valence-electron chi connectivity index (χ2n) is 2.90. The zero-order chi connectivity index (χ0) is 10.8. The van der Waals surface area contributed by atoms with Crippen LogP contribution in [0.3, 0.4) is 0 Å². The summed E-state index contributed by atoms with van der Waals surface area (Å²) in [5.41, 5.74) is -0.0182. The van der Waals surface area contributed by atoms with Crippen molar-refractivity contribution in [3.63, 3.8) is 0 Å². The molecule has 0 bridgehead atoms. The largest absolute Gasteiger partial charge is 0.416 e. The molecule has 0 fully saturated rings. The van der Waals surface area contributed by atoms with E-state index in [-0.39, 0.29) is 5.37 Å². The third-order valence-electron chi connectivity index (χ3n) is 1.59. The van der Waals surface area contributed by atoms with Crippen LogP contribution in [0, 0.1) is 0 Å². The lowest BCUT2D eigenvalue weighted by Crippen LogP contribution is -2.08. The fraction of sp³-hybridized carbons (Fsp3) is 0.333. The van der Waals surface area contributed by atoms with E-state index < -0.39 is 11.7 Å². The van der Waals surface area contributed by atoms with E-state index in [2.05, 4.69) is 17.9 Å². The van der Waals surface area contributed by atoms with Gasteiger partial charge in [-0.1, -0.05) is 0 Å². The molecule has 0 radical (unpaired) electrons. The summed E-state index contributed by atoms with van der Waals surface area (Å²) in [5, 5.41) is 2.79. The predicted octanol–water partition coefficient (Wildman–Crippen LogP) is 3.39. The molecule has 0 aliphatic heterocycles. The van der Waals surface area contributed by atoms with Crippen molar-refractivity contribution in [2.45, 2.75) is 18.5 Å². The van der Waals surface area contributed by atoms with Crippen molar-refractivity contribution in [3.8, 4) is 0 Å². The van der Waals surface area contributed by atoms with Crippen LogP contribution in [0.5, 0.6) is 0 Å². The van der Waals surface area contributed by atoms with Gasteiger partial charge in [-0.05, 0) is 31.2 Å². The highest BCUT2D eigenvalue weighted by Crippen LogP contribution is 2.29. The first-order chi connectivity index (χ1) is 6.39. The van der Waals surface area contributed by atoms with Crippen molar-refractivity contribution >= 4 is 18.3 Å². The van der Waals surface area contributed by atoms with Crippen molar-refractivity contribution in [2.24, 2.45) is 0 Å². The Balaban J connectivity index is 2.79. The minimum atomic E-state index is -4.27. The first-order valence-electron chi connectivity index (χ1n) is 4.01. The molecule has 1 aromatic carbocycles. The first kappa shape index (κ1) is 11.2. The zero-order valence-electron chi connectivity index (χ0n) is 7.47.